The number of hydrogen-bond donors (Lipinski definition) is 1. The molecule has 4 heteroatoms. The van der Waals surface area contributed by atoms with Gasteiger partial charge in [-0.15, -0.1) is 0 Å². The molecule has 4 atom stereocenters. The Morgan fingerprint density at radius 3 is 2.33 bits per heavy atom. The first-order chi connectivity index (χ1) is 9.95. The highest BCUT2D eigenvalue weighted by molar-refractivity contribution is 5.84. The van der Waals surface area contributed by atoms with Crippen LogP contribution >= 0.6 is 0 Å². The van der Waals surface area contributed by atoms with E-state index < -0.39 is 0 Å². The van der Waals surface area contributed by atoms with Gasteiger partial charge < -0.3 is 4.90 Å². The topological polar surface area (TPSA) is 35.6 Å². The molecule has 2 rings (SSSR count). The van der Waals surface area contributed by atoms with Crippen molar-refractivity contribution in [1.82, 2.24) is 15.1 Å². The second kappa shape index (κ2) is 7.10. The Morgan fingerprint density at radius 1 is 1.19 bits per heavy atom. The second-order valence-electron chi connectivity index (χ2n) is 7.30. The fourth-order valence-corrected chi connectivity index (χ4v) is 3.64. The van der Waals surface area contributed by atoms with Crippen molar-refractivity contribution in [2.24, 2.45) is 11.8 Å². The van der Waals surface area contributed by atoms with Gasteiger partial charge in [0, 0.05) is 12.6 Å². The quantitative estimate of drug-likeness (QED) is 0.817. The first kappa shape index (κ1) is 16.8. The van der Waals surface area contributed by atoms with Crippen LogP contribution in [0, 0.1) is 11.8 Å². The van der Waals surface area contributed by atoms with E-state index in [-0.39, 0.29) is 12.2 Å². The number of hydrogen-bond acceptors (Lipinski definition) is 3. The van der Waals surface area contributed by atoms with Gasteiger partial charge in [-0.3, -0.25) is 15.0 Å². The fourth-order valence-electron chi connectivity index (χ4n) is 3.64. The van der Waals surface area contributed by atoms with Crippen LogP contribution in [0.5, 0.6) is 0 Å². The molecule has 0 saturated carbocycles. The van der Waals surface area contributed by atoms with Crippen LogP contribution in [0.4, 0.5) is 0 Å². The average molecular weight is 295 g/mol. The van der Waals surface area contributed by atoms with Crippen LogP contribution in [-0.2, 0) is 4.79 Å². The van der Waals surface area contributed by atoms with Gasteiger partial charge in [0.25, 0.3) is 0 Å². The van der Waals surface area contributed by atoms with Crippen molar-refractivity contribution in [3.8, 4) is 0 Å². The number of carbonyl (C=O) groups excluding carboxylic acids is 1. The van der Waals surface area contributed by atoms with Gasteiger partial charge in [0.1, 0.15) is 0 Å². The van der Waals surface area contributed by atoms with E-state index in [4.69, 9.17) is 0 Å². The lowest BCUT2D eigenvalue weighted by Crippen LogP contribution is -2.48. The Balaban J connectivity index is 2.05. The largest absolute Gasteiger partial charge is 0.324 e. The van der Waals surface area contributed by atoms with E-state index in [0.29, 0.717) is 23.8 Å². The van der Waals surface area contributed by atoms with E-state index in [0.717, 1.165) is 13.0 Å². The van der Waals surface area contributed by atoms with Gasteiger partial charge in [0.2, 0.25) is 5.91 Å². The molecular formula is C17H33N3O. The molecule has 0 aromatic heterocycles. The van der Waals surface area contributed by atoms with Crippen molar-refractivity contribution in [2.45, 2.75) is 72.1 Å². The third-order valence-corrected chi connectivity index (χ3v) is 5.30. The molecule has 0 aromatic carbocycles. The normalized spacial score (nSPS) is 30.4. The summed E-state index contributed by atoms with van der Waals surface area (Å²) >= 11 is 0. The molecule has 2 heterocycles. The average Bonchev–Trinajstić information content (AvgIpc) is 3.07. The van der Waals surface area contributed by atoms with Crippen molar-refractivity contribution >= 4 is 5.91 Å². The van der Waals surface area contributed by atoms with E-state index in [9.17, 15) is 4.79 Å². The molecule has 0 aliphatic carbocycles. The summed E-state index contributed by atoms with van der Waals surface area (Å²) in [5, 5.41) is 3.59. The fraction of sp³-hybridized carbons (Fsp3) is 0.941. The number of likely N-dealkylation sites (tertiary alicyclic amines) is 1. The van der Waals surface area contributed by atoms with Crippen LogP contribution in [0.25, 0.3) is 0 Å². The summed E-state index contributed by atoms with van der Waals surface area (Å²) in [6, 6.07) is 0.475. The molecule has 0 aromatic rings. The van der Waals surface area contributed by atoms with Crippen molar-refractivity contribution in [1.29, 1.82) is 0 Å². The van der Waals surface area contributed by atoms with Crippen LogP contribution in [0.1, 0.15) is 53.9 Å². The van der Waals surface area contributed by atoms with Gasteiger partial charge in [-0.1, -0.05) is 34.1 Å². The summed E-state index contributed by atoms with van der Waals surface area (Å²) in [7, 11) is 0. The van der Waals surface area contributed by atoms with Crippen LogP contribution < -0.4 is 5.32 Å². The van der Waals surface area contributed by atoms with Crippen LogP contribution in [0.3, 0.4) is 0 Å². The van der Waals surface area contributed by atoms with Gasteiger partial charge in [-0.05, 0) is 44.7 Å². The SMILES string of the molecule is CCC(C)C1NC(C(C)C)N(CC(C)N2CCCC2)C1=O. The molecule has 2 fully saturated rings. The molecule has 1 N–H and O–H groups in total. The highest BCUT2D eigenvalue weighted by Crippen LogP contribution is 2.24. The molecule has 2 saturated heterocycles. The molecule has 2 aliphatic rings. The van der Waals surface area contributed by atoms with Gasteiger partial charge in [-0.25, -0.2) is 0 Å². The summed E-state index contributed by atoms with van der Waals surface area (Å²) < 4.78 is 0. The Morgan fingerprint density at radius 2 is 1.81 bits per heavy atom. The maximum atomic E-state index is 12.8. The zero-order valence-corrected chi connectivity index (χ0v) is 14.4. The van der Waals surface area contributed by atoms with Crippen molar-refractivity contribution in [3.05, 3.63) is 0 Å². The third-order valence-electron chi connectivity index (χ3n) is 5.30. The Kier molecular flexibility index (Phi) is 5.67. The first-order valence-corrected chi connectivity index (χ1v) is 8.76. The molecule has 1 amide bonds. The summed E-state index contributed by atoms with van der Waals surface area (Å²) in [4.78, 5) is 17.5. The lowest BCUT2D eigenvalue weighted by atomic mass is 9.99. The molecule has 0 spiro atoms. The minimum Gasteiger partial charge on any atom is -0.324 e. The number of amides is 1. The highest BCUT2D eigenvalue weighted by atomic mass is 16.2. The zero-order chi connectivity index (χ0) is 15.6. The minimum atomic E-state index is 0.00757. The highest BCUT2D eigenvalue weighted by Gasteiger charge is 2.42. The van der Waals surface area contributed by atoms with E-state index in [1.165, 1.54) is 25.9 Å². The second-order valence-corrected chi connectivity index (χ2v) is 7.30. The maximum Gasteiger partial charge on any atom is 0.241 e. The van der Waals surface area contributed by atoms with Crippen molar-refractivity contribution in [3.63, 3.8) is 0 Å². The lowest BCUT2D eigenvalue weighted by molar-refractivity contribution is -0.132. The summed E-state index contributed by atoms with van der Waals surface area (Å²) in [6.07, 6.45) is 3.85. The van der Waals surface area contributed by atoms with Crippen molar-refractivity contribution < 1.29 is 4.79 Å². The van der Waals surface area contributed by atoms with Gasteiger partial charge >= 0.3 is 0 Å². The number of carbonyl (C=O) groups is 1. The number of nitrogens with one attached hydrogen (secondary N) is 1. The maximum absolute atomic E-state index is 12.8. The van der Waals surface area contributed by atoms with Gasteiger partial charge in [-0.2, -0.15) is 0 Å². The Bertz CT molecular complexity index is 352. The van der Waals surface area contributed by atoms with Crippen LogP contribution in [-0.4, -0.2) is 53.6 Å². The van der Waals surface area contributed by atoms with Gasteiger partial charge in [0.15, 0.2) is 0 Å². The number of rotatable bonds is 6. The first-order valence-electron chi connectivity index (χ1n) is 8.76. The molecule has 4 nitrogen and oxygen atoms in total. The smallest absolute Gasteiger partial charge is 0.241 e. The molecular weight excluding hydrogens is 262 g/mol. The molecule has 0 radical (unpaired) electrons. The predicted octanol–water partition coefficient (Wildman–Crippen LogP) is 2.30. The van der Waals surface area contributed by atoms with Crippen LogP contribution in [0.15, 0.2) is 0 Å². The number of nitrogens with zero attached hydrogens (tertiary/aromatic N) is 2. The molecule has 122 valence electrons. The molecule has 2 aliphatic heterocycles. The monoisotopic (exact) mass is 295 g/mol. The predicted molar refractivity (Wildman–Crippen MR) is 87.0 cm³/mol. The van der Waals surface area contributed by atoms with Crippen molar-refractivity contribution in [2.75, 3.05) is 19.6 Å². The van der Waals surface area contributed by atoms with E-state index in [1.54, 1.807) is 0 Å². The zero-order valence-electron chi connectivity index (χ0n) is 14.4. The summed E-state index contributed by atoms with van der Waals surface area (Å²) in [6.45, 7) is 14.3. The molecule has 4 unspecified atom stereocenters. The van der Waals surface area contributed by atoms with E-state index >= 15 is 0 Å². The van der Waals surface area contributed by atoms with E-state index in [2.05, 4.69) is 49.7 Å². The van der Waals surface area contributed by atoms with Gasteiger partial charge in [0.05, 0.1) is 12.2 Å². The lowest BCUT2D eigenvalue weighted by Gasteiger charge is -2.33. The molecule has 21 heavy (non-hydrogen) atoms. The standard InChI is InChI=1S/C17H33N3O/c1-6-13(4)15-17(21)20(16(18-15)12(2)3)11-14(5)19-9-7-8-10-19/h12-16,18H,6-11H2,1-5H3. The Labute approximate surface area is 130 Å². The third kappa shape index (κ3) is 3.59. The molecule has 0 bridgehead atoms. The van der Waals surface area contributed by atoms with E-state index in [1.807, 2.05) is 0 Å². The summed E-state index contributed by atoms with van der Waals surface area (Å²) in [5.74, 6) is 1.17. The minimum absolute atomic E-state index is 0.00757. The Hall–Kier alpha value is -0.610. The summed E-state index contributed by atoms with van der Waals surface area (Å²) in [5.41, 5.74) is 0. The van der Waals surface area contributed by atoms with Crippen LogP contribution in [0.2, 0.25) is 0 Å².